The molecule has 2 fully saturated rings. The van der Waals surface area contributed by atoms with Crippen LogP contribution in [0, 0.1) is 17.8 Å². The molecule has 2 aliphatic rings. The molecule has 0 heterocycles. The standard InChI is InChI=1S/C8H15NO/c9-8-3-5-1-6(4-10)7(8)2-5/h5-8,10H,1-4,9H2/t5?,6-,7?,8+/m1/s1. The van der Waals surface area contributed by atoms with Gasteiger partial charge in [0.15, 0.2) is 0 Å². The lowest BCUT2D eigenvalue weighted by molar-refractivity contribution is 0.166. The third-order valence-corrected chi connectivity index (χ3v) is 3.24. The Bertz CT molecular complexity index is 135. The van der Waals surface area contributed by atoms with Crippen LogP contribution in [0.5, 0.6) is 0 Å². The van der Waals surface area contributed by atoms with Crippen LogP contribution >= 0.6 is 0 Å². The van der Waals surface area contributed by atoms with Crippen LogP contribution in [0.4, 0.5) is 0 Å². The lowest BCUT2D eigenvalue weighted by Crippen LogP contribution is -2.33. The Morgan fingerprint density at radius 1 is 1.30 bits per heavy atom. The van der Waals surface area contributed by atoms with Gasteiger partial charge < -0.3 is 10.8 Å². The molecule has 0 aromatic carbocycles. The Morgan fingerprint density at radius 3 is 2.50 bits per heavy atom. The molecule has 58 valence electrons. The summed E-state index contributed by atoms with van der Waals surface area (Å²) >= 11 is 0. The van der Waals surface area contributed by atoms with Gasteiger partial charge in [-0.15, -0.1) is 0 Å². The molecule has 0 amide bonds. The highest BCUT2D eigenvalue weighted by Crippen LogP contribution is 2.47. The quantitative estimate of drug-likeness (QED) is 0.553. The summed E-state index contributed by atoms with van der Waals surface area (Å²) in [6.45, 7) is 0.356. The van der Waals surface area contributed by atoms with E-state index in [1.165, 1.54) is 19.3 Å². The van der Waals surface area contributed by atoms with Crippen molar-refractivity contribution in [1.82, 2.24) is 0 Å². The maximum absolute atomic E-state index is 8.95. The van der Waals surface area contributed by atoms with Crippen molar-refractivity contribution in [3.05, 3.63) is 0 Å². The van der Waals surface area contributed by atoms with Gasteiger partial charge in [0.05, 0.1) is 0 Å². The van der Waals surface area contributed by atoms with Crippen LogP contribution < -0.4 is 5.73 Å². The largest absolute Gasteiger partial charge is 0.396 e. The summed E-state index contributed by atoms with van der Waals surface area (Å²) in [7, 11) is 0. The van der Waals surface area contributed by atoms with E-state index in [-0.39, 0.29) is 0 Å². The number of rotatable bonds is 1. The molecule has 2 heteroatoms. The normalized spacial score (nSPS) is 52.2. The predicted octanol–water partition coefficient (Wildman–Crippen LogP) is 0.352. The average molecular weight is 141 g/mol. The molecule has 10 heavy (non-hydrogen) atoms. The van der Waals surface area contributed by atoms with E-state index in [0.29, 0.717) is 24.5 Å². The lowest BCUT2D eigenvalue weighted by atomic mass is 9.86. The minimum absolute atomic E-state index is 0.356. The van der Waals surface area contributed by atoms with Gasteiger partial charge in [0.25, 0.3) is 0 Å². The molecule has 0 spiro atoms. The maximum atomic E-state index is 8.95. The second kappa shape index (κ2) is 2.21. The smallest absolute Gasteiger partial charge is 0.0462 e. The van der Waals surface area contributed by atoms with Crippen LogP contribution in [-0.2, 0) is 0 Å². The predicted molar refractivity (Wildman–Crippen MR) is 39.4 cm³/mol. The molecule has 0 aromatic heterocycles. The van der Waals surface area contributed by atoms with E-state index in [1.807, 2.05) is 0 Å². The van der Waals surface area contributed by atoms with Crippen molar-refractivity contribution in [2.45, 2.75) is 25.3 Å². The molecule has 0 radical (unpaired) electrons. The maximum Gasteiger partial charge on any atom is 0.0462 e. The average Bonchev–Trinajstić information content (AvgIpc) is 2.44. The summed E-state index contributed by atoms with van der Waals surface area (Å²) in [6, 6.07) is 0.399. The molecule has 0 aliphatic heterocycles. The Morgan fingerprint density at radius 2 is 2.10 bits per heavy atom. The molecule has 2 nitrogen and oxygen atoms in total. The van der Waals surface area contributed by atoms with Crippen molar-refractivity contribution < 1.29 is 5.11 Å². The minimum atomic E-state index is 0.356. The zero-order valence-corrected chi connectivity index (χ0v) is 6.16. The van der Waals surface area contributed by atoms with Gasteiger partial charge in [-0.3, -0.25) is 0 Å². The van der Waals surface area contributed by atoms with Crippen molar-refractivity contribution in [1.29, 1.82) is 0 Å². The number of hydrogen-bond donors (Lipinski definition) is 2. The van der Waals surface area contributed by atoms with E-state index in [2.05, 4.69) is 0 Å². The Labute approximate surface area is 61.4 Å². The van der Waals surface area contributed by atoms with Gasteiger partial charge in [-0.2, -0.15) is 0 Å². The summed E-state index contributed by atoms with van der Waals surface area (Å²) in [4.78, 5) is 0. The Balaban J connectivity index is 2.06. The van der Waals surface area contributed by atoms with Crippen molar-refractivity contribution >= 4 is 0 Å². The fraction of sp³-hybridized carbons (Fsp3) is 1.00. The zero-order chi connectivity index (χ0) is 7.14. The first-order valence-electron chi connectivity index (χ1n) is 4.17. The monoisotopic (exact) mass is 141 g/mol. The van der Waals surface area contributed by atoms with E-state index >= 15 is 0 Å². The van der Waals surface area contributed by atoms with Gasteiger partial charge in [-0.05, 0) is 37.0 Å². The molecule has 3 N–H and O–H groups in total. The first-order valence-corrected chi connectivity index (χ1v) is 4.17. The van der Waals surface area contributed by atoms with Crippen molar-refractivity contribution in [3.8, 4) is 0 Å². The molecule has 2 aliphatic carbocycles. The summed E-state index contributed by atoms with van der Waals surface area (Å²) in [6.07, 6.45) is 3.72. The zero-order valence-electron chi connectivity index (χ0n) is 6.16. The molecule has 4 atom stereocenters. The Hall–Kier alpha value is -0.0800. The van der Waals surface area contributed by atoms with E-state index in [1.54, 1.807) is 0 Å². The van der Waals surface area contributed by atoms with Crippen LogP contribution in [0.25, 0.3) is 0 Å². The summed E-state index contributed by atoms with van der Waals surface area (Å²) in [5, 5.41) is 8.95. The van der Waals surface area contributed by atoms with E-state index in [4.69, 9.17) is 10.8 Å². The second-order valence-corrected chi connectivity index (χ2v) is 3.84. The molecule has 2 rings (SSSR count). The topological polar surface area (TPSA) is 46.2 Å². The fourth-order valence-corrected chi connectivity index (χ4v) is 2.76. The number of nitrogens with two attached hydrogens (primary N) is 1. The van der Waals surface area contributed by atoms with E-state index in [0.717, 1.165) is 5.92 Å². The fourth-order valence-electron chi connectivity index (χ4n) is 2.76. The van der Waals surface area contributed by atoms with Gasteiger partial charge in [-0.1, -0.05) is 0 Å². The number of aliphatic hydroxyl groups is 1. The third kappa shape index (κ3) is 0.789. The minimum Gasteiger partial charge on any atom is -0.396 e. The van der Waals surface area contributed by atoms with Crippen molar-refractivity contribution in [2.24, 2.45) is 23.5 Å². The Kier molecular flexibility index (Phi) is 1.46. The molecule has 0 saturated heterocycles. The molecular weight excluding hydrogens is 126 g/mol. The van der Waals surface area contributed by atoms with Crippen LogP contribution in [0.1, 0.15) is 19.3 Å². The number of hydrogen-bond acceptors (Lipinski definition) is 2. The van der Waals surface area contributed by atoms with Crippen molar-refractivity contribution in [3.63, 3.8) is 0 Å². The molecular formula is C8H15NO. The first kappa shape index (κ1) is 6.62. The van der Waals surface area contributed by atoms with E-state index < -0.39 is 0 Å². The van der Waals surface area contributed by atoms with Gasteiger partial charge in [0, 0.05) is 12.6 Å². The lowest BCUT2D eigenvalue weighted by Gasteiger charge is -2.24. The van der Waals surface area contributed by atoms with Gasteiger partial charge >= 0.3 is 0 Å². The molecule has 2 bridgehead atoms. The van der Waals surface area contributed by atoms with Crippen molar-refractivity contribution in [2.75, 3.05) is 6.61 Å². The third-order valence-electron chi connectivity index (χ3n) is 3.24. The first-order chi connectivity index (χ1) is 4.81. The summed E-state index contributed by atoms with van der Waals surface area (Å²) < 4.78 is 0. The summed E-state index contributed by atoms with van der Waals surface area (Å²) in [5.74, 6) is 2.03. The highest BCUT2D eigenvalue weighted by atomic mass is 16.3. The van der Waals surface area contributed by atoms with Crippen LogP contribution in [0.15, 0.2) is 0 Å². The van der Waals surface area contributed by atoms with Gasteiger partial charge in [-0.25, -0.2) is 0 Å². The second-order valence-electron chi connectivity index (χ2n) is 3.84. The van der Waals surface area contributed by atoms with E-state index in [9.17, 15) is 0 Å². The van der Waals surface area contributed by atoms with Crippen LogP contribution in [0.2, 0.25) is 0 Å². The highest BCUT2D eigenvalue weighted by molar-refractivity contribution is 4.97. The van der Waals surface area contributed by atoms with Gasteiger partial charge in [0.2, 0.25) is 0 Å². The van der Waals surface area contributed by atoms with Gasteiger partial charge in [0.1, 0.15) is 0 Å². The molecule has 2 unspecified atom stereocenters. The van der Waals surface area contributed by atoms with Crippen LogP contribution in [-0.4, -0.2) is 17.8 Å². The number of fused-ring (bicyclic) bond motifs is 2. The molecule has 0 aromatic rings. The van der Waals surface area contributed by atoms with Crippen LogP contribution in [0.3, 0.4) is 0 Å². The summed E-state index contributed by atoms with van der Waals surface area (Å²) in [5.41, 5.74) is 5.87. The molecule has 2 saturated carbocycles. The number of aliphatic hydroxyl groups excluding tert-OH is 1. The SMILES string of the molecule is N[C@H]1CC2CC1[C@@H](CO)C2. The highest BCUT2D eigenvalue weighted by Gasteiger charge is 2.43.